The molecule has 3 unspecified atom stereocenters. The molecule has 3 heteroatoms. The van der Waals surface area contributed by atoms with Crippen molar-refractivity contribution in [2.75, 3.05) is 26.8 Å². The number of likely N-dealkylation sites (N-methyl/N-ethyl adjacent to an activating group) is 1. The van der Waals surface area contributed by atoms with E-state index in [1.807, 2.05) is 0 Å². The lowest BCUT2D eigenvalue weighted by Crippen LogP contribution is -2.48. The number of nitrogens with two attached hydrogens (primary N) is 1. The standard InChI is InChI=1S/C13H28N2O/c1-4-12(10-16-3)15(5-2)13-8-6-7-11(13)9-14/h11-13H,4-10,14H2,1-3H3. The number of rotatable bonds is 7. The molecule has 3 nitrogen and oxygen atoms in total. The summed E-state index contributed by atoms with van der Waals surface area (Å²) in [6.45, 7) is 7.30. The van der Waals surface area contributed by atoms with E-state index in [0.717, 1.165) is 26.1 Å². The minimum atomic E-state index is 0.562. The molecule has 1 rings (SSSR count). The molecule has 1 saturated carbocycles. The van der Waals surface area contributed by atoms with Crippen LogP contribution >= 0.6 is 0 Å². The van der Waals surface area contributed by atoms with Gasteiger partial charge in [0.1, 0.15) is 0 Å². The number of ether oxygens (including phenoxy) is 1. The maximum atomic E-state index is 5.87. The molecule has 1 fully saturated rings. The van der Waals surface area contributed by atoms with Crippen molar-refractivity contribution in [1.82, 2.24) is 4.90 Å². The van der Waals surface area contributed by atoms with Gasteiger partial charge >= 0.3 is 0 Å². The van der Waals surface area contributed by atoms with E-state index in [2.05, 4.69) is 18.7 Å². The summed E-state index contributed by atoms with van der Waals surface area (Å²) in [6.07, 6.45) is 5.12. The van der Waals surface area contributed by atoms with Crippen molar-refractivity contribution in [3.05, 3.63) is 0 Å². The van der Waals surface area contributed by atoms with E-state index < -0.39 is 0 Å². The molecule has 3 atom stereocenters. The van der Waals surface area contributed by atoms with Crippen LogP contribution in [-0.2, 0) is 4.74 Å². The zero-order chi connectivity index (χ0) is 12.0. The molecule has 0 spiro atoms. The summed E-state index contributed by atoms with van der Waals surface area (Å²) >= 11 is 0. The van der Waals surface area contributed by atoms with Gasteiger partial charge in [0.2, 0.25) is 0 Å². The Morgan fingerprint density at radius 1 is 1.38 bits per heavy atom. The Morgan fingerprint density at radius 2 is 2.12 bits per heavy atom. The highest BCUT2D eigenvalue weighted by atomic mass is 16.5. The molecular weight excluding hydrogens is 200 g/mol. The van der Waals surface area contributed by atoms with Crippen LogP contribution in [0, 0.1) is 5.92 Å². The Hall–Kier alpha value is -0.120. The van der Waals surface area contributed by atoms with Crippen LogP contribution in [0.2, 0.25) is 0 Å². The van der Waals surface area contributed by atoms with E-state index in [-0.39, 0.29) is 0 Å². The molecule has 0 aliphatic heterocycles. The lowest BCUT2D eigenvalue weighted by atomic mass is 10.00. The summed E-state index contributed by atoms with van der Waals surface area (Å²) < 4.78 is 5.33. The van der Waals surface area contributed by atoms with Gasteiger partial charge in [-0.3, -0.25) is 4.90 Å². The predicted molar refractivity (Wildman–Crippen MR) is 68.5 cm³/mol. The second-order valence-corrected chi connectivity index (χ2v) is 4.84. The molecule has 0 aromatic rings. The summed E-state index contributed by atoms with van der Waals surface area (Å²) in [5.41, 5.74) is 5.87. The Kier molecular flexibility index (Phi) is 6.32. The van der Waals surface area contributed by atoms with Crippen LogP contribution in [0.15, 0.2) is 0 Å². The highest BCUT2D eigenvalue weighted by Crippen LogP contribution is 2.30. The van der Waals surface area contributed by atoms with Gasteiger partial charge in [-0.25, -0.2) is 0 Å². The number of nitrogens with zero attached hydrogens (tertiary/aromatic N) is 1. The van der Waals surface area contributed by atoms with Gasteiger partial charge in [0.15, 0.2) is 0 Å². The predicted octanol–water partition coefficient (Wildman–Crippen LogP) is 1.86. The molecule has 0 aromatic heterocycles. The highest BCUT2D eigenvalue weighted by Gasteiger charge is 2.33. The van der Waals surface area contributed by atoms with Crippen molar-refractivity contribution in [2.24, 2.45) is 11.7 Å². The van der Waals surface area contributed by atoms with Gasteiger partial charge in [0.25, 0.3) is 0 Å². The fourth-order valence-corrected chi connectivity index (χ4v) is 3.13. The van der Waals surface area contributed by atoms with Crippen LogP contribution in [0.3, 0.4) is 0 Å². The van der Waals surface area contributed by atoms with Gasteiger partial charge in [-0.05, 0) is 38.3 Å². The first-order chi connectivity index (χ1) is 7.78. The van der Waals surface area contributed by atoms with E-state index >= 15 is 0 Å². The third-order valence-corrected chi connectivity index (χ3v) is 4.01. The summed E-state index contributed by atoms with van der Waals surface area (Å²) in [6, 6.07) is 1.25. The zero-order valence-electron chi connectivity index (χ0n) is 11.1. The number of hydrogen-bond acceptors (Lipinski definition) is 3. The second-order valence-electron chi connectivity index (χ2n) is 4.84. The van der Waals surface area contributed by atoms with Crippen molar-refractivity contribution >= 4 is 0 Å². The SMILES string of the molecule is CCC(COC)N(CC)C1CCCC1CN. The first-order valence-corrected chi connectivity index (χ1v) is 6.73. The largest absolute Gasteiger partial charge is 0.383 e. The number of methoxy groups -OCH3 is 1. The molecular formula is C13H28N2O. The van der Waals surface area contributed by atoms with Crippen molar-refractivity contribution in [3.8, 4) is 0 Å². The monoisotopic (exact) mass is 228 g/mol. The number of hydrogen-bond donors (Lipinski definition) is 1. The molecule has 0 heterocycles. The molecule has 0 aromatic carbocycles. The smallest absolute Gasteiger partial charge is 0.0618 e. The summed E-state index contributed by atoms with van der Waals surface area (Å²) in [7, 11) is 1.80. The van der Waals surface area contributed by atoms with Gasteiger partial charge in [-0.1, -0.05) is 20.3 Å². The summed E-state index contributed by atoms with van der Waals surface area (Å²) in [5.74, 6) is 0.700. The molecule has 0 bridgehead atoms. The average Bonchev–Trinajstić information content (AvgIpc) is 2.77. The average molecular weight is 228 g/mol. The lowest BCUT2D eigenvalue weighted by molar-refractivity contribution is 0.0498. The Bertz CT molecular complexity index is 187. The van der Waals surface area contributed by atoms with Crippen LogP contribution < -0.4 is 5.73 Å². The van der Waals surface area contributed by atoms with Crippen molar-refractivity contribution in [1.29, 1.82) is 0 Å². The lowest BCUT2D eigenvalue weighted by Gasteiger charge is -2.37. The molecule has 2 N–H and O–H groups in total. The molecule has 1 aliphatic rings. The first-order valence-electron chi connectivity index (χ1n) is 6.73. The fourth-order valence-electron chi connectivity index (χ4n) is 3.13. The maximum absolute atomic E-state index is 5.87. The minimum absolute atomic E-state index is 0.562. The van der Waals surface area contributed by atoms with Gasteiger partial charge < -0.3 is 10.5 Å². The Morgan fingerprint density at radius 3 is 2.62 bits per heavy atom. The van der Waals surface area contributed by atoms with Crippen LogP contribution in [0.25, 0.3) is 0 Å². The van der Waals surface area contributed by atoms with Gasteiger partial charge in [-0.15, -0.1) is 0 Å². The molecule has 0 radical (unpaired) electrons. The molecule has 0 saturated heterocycles. The van der Waals surface area contributed by atoms with Crippen LogP contribution in [0.4, 0.5) is 0 Å². The molecule has 0 amide bonds. The van der Waals surface area contributed by atoms with E-state index in [1.54, 1.807) is 7.11 Å². The van der Waals surface area contributed by atoms with E-state index in [4.69, 9.17) is 10.5 Å². The third-order valence-electron chi connectivity index (χ3n) is 4.01. The van der Waals surface area contributed by atoms with Crippen molar-refractivity contribution in [2.45, 2.75) is 51.6 Å². The van der Waals surface area contributed by atoms with Gasteiger partial charge in [-0.2, -0.15) is 0 Å². The van der Waals surface area contributed by atoms with E-state index in [1.165, 1.54) is 19.3 Å². The maximum Gasteiger partial charge on any atom is 0.0618 e. The van der Waals surface area contributed by atoms with E-state index in [9.17, 15) is 0 Å². The Labute approximate surface area is 100 Å². The van der Waals surface area contributed by atoms with Crippen molar-refractivity contribution < 1.29 is 4.74 Å². The van der Waals surface area contributed by atoms with E-state index in [0.29, 0.717) is 18.0 Å². The third kappa shape index (κ3) is 3.19. The normalized spacial score (nSPS) is 27.6. The fraction of sp³-hybridized carbons (Fsp3) is 1.00. The summed E-state index contributed by atoms with van der Waals surface area (Å²) in [4.78, 5) is 2.62. The molecule has 96 valence electrons. The zero-order valence-corrected chi connectivity index (χ0v) is 11.1. The second kappa shape index (κ2) is 7.25. The highest BCUT2D eigenvalue weighted by molar-refractivity contribution is 4.88. The minimum Gasteiger partial charge on any atom is -0.383 e. The Balaban J connectivity index is 2.63. The summed E-state index contributed by atoms with van der Waals surface area (Å²) in [5, 5.41) is 0. The topological polar surface area (TPSA) is 38.5 Å². The van der Waals surface area contributed by atoms with Gasteiger partial charge in [0.05, 0.1) is 6.61 Å². The van der Waals surface area contributed by atoms with Crippen LogP contribution in [-0.4, -0.2) is 43.8 Å². The van der Waals surface area contributed by atoms with Gasteiger partial charge in [0, 0.05) is 19.2 Å². The quantitative estimate of drug-likeness (QED) is 0.723. The van der Waals surface area contributed by atoms with Crippen LogP contribution in [0.5, 0.6) is 0 Å². The van der Waals surface area contributed by atoms with Crippen molar-refractivity contribution in [3.63, 3.8) is 0 Å². The molecule has 16 heavy (non-hydrogen) atoms. The van der Waals surface area contributed by atoms with Crippen LogP contribution in [0.1, 0.15) is 39.5 Å². The molecule has 1 aliphatic carbocycles. The first kappa shape index (κ1) is 13.9.